The van der Waals surface area contributed by atoms with Crippen LogP contribution in [0.1, 0.15) is 15.5 Å². The summed E-state index contributed by atoms with van der Waals surface area (Å²) >= 11 is 1.68. The maximum Gasteiger partial charge on any atom is 0.268 e. The van der Waals surface area contributed by atoms with Gasteiger partial charge < -0.3 is 18.8 Å². The van der Waals surface area contributed by atoms with Gasteiger partial charge in [-0.15, -0.1) is 11.3 Å². The van der Waals surface area contributed by atoms with Gasteiger partial charge in [0.15, 0.2) is 11.5 Å². The number of carbonyl (C=O) groups excluding carboxylic acids is 1. The second-order valence-electron chi connectivity index (χ2n) is 6.15. The summed E-state index contributed by atoms with van der Waals surface area (Å²) in [5, 5.41) is 0. The quantitative estimate of drug-likeness (QED) is 0.682. The van der Waals surface area contributed by atoms with Crippen LogP contribution in [0.5, 0.6) is 11.5 Å². The smallest absolute Gasteiger partial charge is 0.268 e. The van der Waals surface area contributed by atoms with Gasteiger partial charge in [-0.05, 0) is 43.3 Å². The van der Waals surface area contributed by atoms with Gasteiger partial charge in [-0.3, -0.25) is 4.79 Å². The Balaban J connectivity index is 1.53. The number of benzene rings is 1. The summed E-state index contributed by atoms with van der Waals surface area (Å²) < 4.78 is 17.0. The Labute approximate surface area is 155 Å². The fourth-order valence-corrected chi connectivity index (χ4v) is 3.81. The highest BCUT2D eigenvalue weighted by atomic mass is 32.1. The van der Waals surface area contributed by atoms with Crippen molar-refractivity contribution in [1.82, 2.24) is 4.90 Å². The predicted octanol–water partition coefficient (Wildman–Crippen LogP) is 4.02. The lowest BCUT2D eigenvalue weighted by atomic mass is 10.2. The number of para-hydroxylation sites is 2. The van der Waals surface area contributed by atoms with Crippen molar-refractivity contribution in [1.29, 1.82) is 0 Å². The third kappa shape index (κ3) is 3.60. The first kappa shape index (κ1) is 16.7. The molecule has 2 aromatic heterocycles. The monoisotopic (exact) mass is 369 g/mol. The zero-order chi connectivity index (χ0) is 17.9. The van der Waals surface area contributed by atoms with E-state index in [0.717, 1.165) is 10.6 Å². The normalized spacial score (nSPS) is 15.7. The molecule has 0 spiro atoms. The fraction of sp³-hybridized carbons (Fsp3) is 0.250. The van der Waals surface area contributed by atoms with Gasteiger partial charge in [-0.1, -0.05) is 12.1 Å². The highest BCUT2D eigenvalue weighted by Crippen LogP contribution is 2.31. The van der Waals surface area contributed by atoms with E-state index in [2.05, 4.69) is 19.1 Å². The molecule has 1 aliphatic rings. The summed E-state index contributed by atoms with van der Waals surface area (Å²) in [6.45, 7) is 3.17. The lowest BCUT2D eigenvalue weighted by Crippen LogP contribution is -2.45. The first-order valence-electron chi connectivity index (χ1n) is 8.44. The third-order valence-electron chi connectivity index (χ3n) is 4.17. The standard InChI is InChI=1S/C20H19NO4S/c1-14-8-9-16(26-14)12-21(11-15-5-4-10-23-15)20(22)19-13-24-17-6-2-3-7-18(17)25-19/h2-10,19H,11-13H2,1H3. The highest BCUT2D eigenvalue weighted by Gasteiger charge is 2.31. The molecule has 26 heavy (non-hydrogen) atoms. The number of fused-ring (bicyclic) bond motifs is 1. The Bertz CT molecular complexity index is 887. The Morgan fingerprint density at radius 1 is 1.12 bits per heavy atom. The van der Waals surface area contributed by atoms with Gasteiger partial charge >= 0.3 is 0 Å². The Morgan fingerprint density at radius 3 is 2.69 bits per heavy atom. The van der Waals surface area contributed by atoms with Gasteiger partial charge in [0.05, 0.1) is 19.4 Å². The van der Waals surface area contributed by atoms with Crippen molar-refractivity contribution in [2.45, 2.75) is 26.1 Å². The second kappa shape index (κ2) is 7.25. The summed E-state index contributed by atoms with van der Waals surface area (Å²) in [5.41, 5.74) is 0. The van der Waals surface area contributed by atoms with Crippen LogP contribution >= 0.6 is 11.3 Å². The van der Waals surface area contributed by atoms with Crippen LogP contribution in [0.4, 0.5) is 0 Å². The lowest BCUT2D eigenvalue weighted by molar-refractivity contribution is -0.142. The van der Waals surface area contributed by atoms with Crippen LogP contribution in [0.3, 0.4) is 0 Å². The molecule has 4 rings (SSSR count). The number of furan rings is 1. The van der Waals surface area contributed by atoms with Crippen molar-refractivity contribution < 1.29 is 18.7 Å². The summed E-state index contributed by atoms with van der Waals surface area (Å²) in [6.07, 6.45) is 0.949. The molecule has 0 saturated heterocycles. The Kier molecular flexibility index (Phi) is 4.67. The zero-order valence-electron chi connectivity index (χ0n) is 14.4. The van der Waals surface area contributed by atoms with Crippen LogP contribution in [0.15, 0.2) is 59.2 Å². The van der Waals surface area contributed by atoms with E-state index in [9.17, 15) is 4.79 Å². The van der Waals surface area contributed by atoms with Crippen molar-refractivity contribution in [3.05, 3.63) is 70.3 Å². The average Bonchev–Trinajstić information content (AvgIpc) is 3.32. The number of aryl methyl sites for hydroxylation is 1. The van der Waals surface area contributed by atoms with Gasteiger partial charge in [0.2, 0.25) is 6.10 Å². The molecule has 1 unspecified atom stereocenters. The molecular weight excluding hydrogens is 350 g/mol. The van der Waals surface area contributed by atoms with Crippen molar-refractivity contribution in [2.75, 3.05) is 6.61 Å². The number of carbonyl (C=O) groups is 1. The Hall–Kier alpha value is -2.73. The van der Waals surface area contributed by atoms with Crippen LogP contribution in [0.25, 0.3) is 0 Å². The minimum atomic E-state index is -0.666. The van der Waals surface area contributed by atoms with Crippen molar-refractivity contribution in [3.63, 3.8) is 0 Å². The van der Waals surface area contributed by atoms with Crippen molar-refractivity contribution in [3.8, 4) is 11.5 Å². The molecule has 1 aliphatic heterocycles. The summed E-state index contributed by atoms with van der Waals surface area (Å²) in [5.74, 6) is 1.90. The predicted molar refractivity (Wildman–Crippen MR) is 98.4 cm³/mol. The molecule has 0 N–H and O–H groups in total. The highest BCUT2D eigenvalue weighted by molar-refractivity contribution is 7.11. The molecule has 6 heteroatoms. The maximum atomic E-state index is 13.1. The molecule has 3 aromatic rings. The topological polar surface area (TPSA) is 51.9 Å². The number of nitrogens with zero attached hydrogens (tertiary/aromatic N) is 1. The average molecular weight is 369 g/mol. The molecule has 1 aromatic carbocycles. The minimum Gasteiger partial charge on any atom is -0.485 e. The number of hydrogen-bond donors (Lipinski definition) is 0. The van der Waals surface area contributed by atoms with Gasteiger partial charge in [-0.25, -0.2) is 0 Å². The molecule has 0 radical (unpaired) electrons. The van der Waals surface area contributed by atoms with Crippen molar-refractivity contribution in [2.24, 2.45) is 0 Å². The Morgan fingerprint density at radius 2 is 1.96 bits per heavy atom. The molecule has 0 bridgehead atoms. The molecule has 1 atom stereocenters. The van der Waals surface area contributed by atoms with Crippen LogP contribution < -0.4 is 9.47 Å². The number of amides is 1. The number of thiophene rings is 1. The molecule has 0 fully saturated rings. The van der Waals surface area contributed by atoms with Crippen LogP contribution in [0, 0.1) is 6.92 Å². The zero-order valence-corrected chi connectivity index (χ0v) is 15.2. The van der Waals surface area contributed by atoms with Gasteiger partial charge in [0.25, 0.3) is 5.91 Å². The molecule has 1 amide bonds. The number of hydrogen-bond acceptors (Lipinski definition) is 5. The molecular formula is C20H19NO4S. The molecule has 0 saturated carbocycles. The largest absolute Gasteiger partial charge is 0.485 e. The SMILES string of the molecule is Cc1ccc(CN(Cc2ccco2)C(=O)C2COc3ccccc3O2)s1. The van der Waals surface area contributed by atoms with E-state index >= 15 is 0 Å². The number of rotatable bonds is 5. The van der Waals surface area contributed by atoms with Gasteiger partial charge in [0, 0.05) is 9.75 Å². The van der Waals surface area contributed by atoms with E-state index in [0.29, 0.717) is 24.6 Å². The van der Waals surface area contributed by atoms with E-state index < -0.39 is 6.10 Å². The second-order valence-corrected chi connectivity index (χ2v) is 7.52. The molecule has 134 valence electrons. The first-order chi connectivity index (χ1) is 12.7. The summed E-state index contributed by atoms with van der Waals surface area (Å²) in [6, 6.07) is 15.2. The van der Waals surface area contributed by atoms with E-state index in [1.807, 2.05) is 36.4 Å². The van der Waals surface area contributed by atoms with E-state index in [1.165, 1.54) is 4.88 Å². The van der Waals surface area contributed by atoms with Crippen LogP contribution in [-0.2, 0) is 17.9 Å². The van der Waals surface area contributed by atoms with E-state index in [-0.39, 0.29) is 12.5 Å². The van der Waals surface area contributed by atoms with Crippen molar-refractivity contribution >= 4 is 17.2 Å². The molecule has 0 aliphatic carbocycles. The fourth-order valence-electron chi connectivity index (χ4n) is 2.91. The van der Waals surface area contributed by atoms with Crippen LogP contribution in [0.2, 0.25) is 0 Å². The minimum absolute atomic E-state index is 0.109. The van der Waals surface area contributed by atoms with Gasteiger partial charge in [-0.2, -0.15) is 0 Å². The van der Waals surface area contributed by atoms with E-state index in [4.69, 9.17) is 13.9 Å². The third-order valence-corrected chi connectivity index (χ3v) is 5.15. The van der Waals surface area contributed by atoms with E-state index in [1.54, 1.807) is 22.5 Å². The number of ether oxygens (including phenoxy) is 2. The lowest BCUT2D eigenvalue weighted by Gasteiger charge is -2.30. The first-order valence-corrected chi connectivity index (χ1v) is 9.25. The summed E-state index contributed by atoms with van der Waals surface area (Å²) in [4.78, 5) is 17.2. The van der Waals surface area contributed by atoms with Gasteiger partial charge in [0.1, 0.15) is 12.4 Å². The molecule has 3 heterocycles. The van der Waals surface area contributed by atoms with Crippen LogP contribution in [-0.4, -0.2) is 23.5 Å². The summed E-state index contributed by atoms with van der Waals surface area (Å²) in [7, 11) is 0. The molecule has 5 nitrogen and oxygen atoms in total. The maximum absolute atomic E-state index is 13.1.